The smallest absolute Gasteiger partial charge is 0.223 e. The molecule has 112 valence electrons. The molecule has 21 heavy (non-hydrogen) atoms. The van der Waals surface area contributed by atoms with E-state index in [4.69, 9.17) is 27.9 Å². The molecule has 3 nitrogen and oxygen atoms in total. The summed E-state index contributed by atoms with van der Waals surface area (Å²) in [7, 11) is 0. The van der Waals surface area contributed by atoms with Crippen molar-refractivity contribution in [1.82, 2.24) is 10.3 Å². The first-order valence-electron chi connectivity index (χ1n) is 6.84. The Hall–Kier alpha value is -1.29. The summed E-state index contributed by atoms with van der Waals surface area (Å²) >= 11 is 12.1. The molecule has 0 aliphatic rings. The Balaban J connectivity index is 2.14. The van der Waals surface area contributed by atoms with Crippen LogP contribution >= 0.6 is 23.2 Å². The van der Waals surface area contributed by atoms with Crippen molar-refractivity contribution >= 4 is 23.2 Å². The average Bonchev–Trinajstić information content (AvgIpc) is 2.44. The Morgan fingerprint density at radius 3 is 2.81 bits per heavy atom. The van der Waals surface area contributed by atoms with E-state index >= 15 is 0 Å². The molecule has 0 atom stereocenters. The molecule has 0 spiro atoms. The van der Waals surface area contributed by atoms with Crippen molar-refractivity contribution in [2.75, 3.05) is 6.54 Å². The molecule has 0 aliphatic heterocycles. The van der Waals surface area contributed by atoms with Crippen molar-refractivity contribution in [3.8, 4) is 11.6 Å². The third kappa shape index (κ3) is 4.88. The molecule has 0 amide bonds. The Morgan fingerprint density at radius 1 is 1.24 bits per heavy atom. The molecule has 0 aliphatic carbocycles. The predicted molar refractivity (Wildman–Crippen MR) is 87.3 cm³/mol. The van der Waals surface area contributed by atoms with Crippen LogP contribution in [0.2, 0.25) is 10.0 Å². The lowest BCUT2D eigenvalue weighted by atomic mass is 10.2. The summed E-state index contributed by atoms with van der Waals surface area (Å²) in [5.74, 6) is 1.64. The van der Waals surface area contributed by atoms with E-state index < -0.39 is 0 Å². The molecule has 0 saturated heterocycles. The minimum Gasteiger partial charge on any atom is -0.437 e. The molecule has 0 saturated carbocycles. The zero-order chi connectivity index (χ0) is 15.2. The lowest BCUT2D eigenvalue weighted by Gasteiger charge is -2.12. The number of nitrogens with one attached hydrogen (secondary N) is 1. The van der Waals surface area contributed by atoms with Gasteiger partial charge in [0.2, 0.25) is 5.88 Å². The molecule has 0 fully saturated rings. The van der Waals surface area contributed by atoms with Crippen LogP contribution in [0.15, 0.2) is 36.5 Å². The monoisotopic (exact) mass is 324 g/mol. The highest BCUT2D eigenvalue weighted by Gasteiger charge is 2.09. The van der Waals surface area contributed by atoms with Crippen molar-refractivity contribution in [1.29, 1.82) is 0 Å². The predicted octanol–water partition coefficient (Wildman–Crippen LogP) is 4.93. The molecule has 0 bridgehead atoms. The number of hydrogen-bond acceptors (Lipinski definition) is 3. The molecule has 2 aromatic rings. The zero-order valence-electron chi connectivity index (χ0n) is 12.1. The van der Waals surface area contributed by atoms with E-state index in [-0.39, 0.29) is 0 Å². The van der Waals surface area contributed by atoms with E-state index in [1.54, 1.807) is 24.4 Å². The van der Waals surface area contributed by atoms with E-state index in [1.165, 1.54) is 0 Å². The van der Waals surface area contributed by atoms with Crippen LogP contribution in [0.3, 0.4) is 0 Å². The van der Waals surface area contributed by atoms with Gasteiger partial charge < -0.3 is 10.1 Å². The van der Waals surface area contributed by atoms with E-state index in [0.29, 0.717) is 34.1 Å². The van der Waals surface area contributed by atoms with Crippen LogP contribution in [-0.2, 0) is 6.54 Å². The Labute approximate surface area is 135 Å². The average molecular weight is 325 g/mol. The van der Waals surface area contributed by atoms with Gasteiger partial charge in [-0.05, 0) is 30.7 Å². The summed E-state index contributed by atoms with van der Waals surface area (Å²) < 4.78 is 5.81. The van der Waals surface area contributed by atoms with E-state index in [9.17, 15) is 0 Å². The molecule has 1 aromatic carbocycles. The van der Waals surface area contributed by atoms with Crippen LogP contribution < -0.4 is 10.1 Å². The highest BCUT2D eigenvalue weighted by atomic mass is 35.5. The lowest BCUT2D eigenvalue weighted by Crippen LogP contribution is -2.19. The fourth-order valence-electron chi connectivity index (χ4n) is 1.81. The number of pyridine rings is 1. The molecule has 1 aromatic heterocycles. The quantitative estimate of drug-likeness (QED) is 0.818. The third-order valence-electron chi connectivity index (χ3n) is 2.82. The molecule has 1 heterocycles. The topological polar surface area (TPSA) is 34.2 Å². The molecule has 5 heteroatoms. The van der Waals surface area contributed by atoms with Crippen molar-refractivity contribution in [3.63, 3.8) is 0 Å². The van der Waals surface area contributed by atoms with Crippen LogP contribution in [0.4, 0.5) is 0 Å². The Bertz CT molecular complexity index is 603. The highest BCUT2D eigenvalue weighted by molar-refractivity contribution is 6.34. The number of aromatic nitrogens is 1. The second kappa shape index (κ2) is 7.64. The first kappa shape index (κ1) is 16.1. The number of nitrogens with zero attached hydrogens (tertiary/aromatic N) is 1. The zero-order valence-corrected chi connectivity index (χ0v) is 13.6. The summed E-state index contributed by atoms with van der Waals surface area (Å²) in [6.07, 6.45) is 1.69. The van der Waals surface area contributed by atoms with Gasteiger partial charge in [-0.15, -0.1) is 0 Å². The fourth-order valence-corrected chi connectivity index (χ4v) is 2.12. The van der Waals surface area contributed by atoms with E-state index in [0.717, 1.165) is 12.1 Å². The van der Waals surface area contributed by atoms with Crippen molar-refractivity contribution in [2.45, 2.75) is 20.4 Å². The first-order chi connectivity index (χ1) is 10.1. The standard InChI is InChI=1S/C16H18Cl2N2O/c1-11(2)9-19-10-12-4-3-7-20-16(12)21-15-8-13(17)5-6-14(15)18/h3-8,11,19H,9-10H2,1-2H3. The molecule has 1 N–H and O–H groups in total. The van der Waals surface area contributed by atoms with Gasteiger partial charge in [-0.2, -0.15) is 0 Å². The Morgan fingerprint density at radius 2 is 2.05 bits per heavy atom. The number of benzene rings is 1. The van der Waals surface area contributed by atoms with Gasteiger partial charge in [0.15, 0.2) is 0 Å². The van der Waals surface area contributed by atoms with Crippen LogP contribution in [-0.4, -0.2) is 11.5 Å². The van der Waals surface area contributed by atoms with Crippen LogP contribution in [0, 0.1) is 5.92 Å². The SMILES string of the molecule is CC(C)CNCc1cccnc1Oc1cc(Cl)ccc1Cl. The Kier molecular flexibility index (Phi) is 5.85. The van der Waals surface area contributed by atoms with Crippen LogP contribution in [0.5, 0.6) is 11.6 Å². The van der Waals surface area contributed by atoms with Gasteiger partial charge in [0, 0.05) is 29.4 Å². The molecular formula is C16H18Cl2N2O. The normalized spacial score (nSPS) is 10.9. The maximum atomic E-state index is 6.12. The van der Waals surface area contributed by atoms with Crippen molar-refractivity contribution in [2.24, 2.45) is 5.92 Å². The number of rotatable bonds is 6. The minimum absolute atomic E-state index is 0.506. The second-order valence-electron chi connectivity index (χ2n) is 5.17. The molecule has 0 unspecified atom stereocenters. The third-order valence-corrected chi connectivity index (χ3v) is 3.37. The largest absolute Gasteiger partial charge is 0.437 e. The molecule has 2 rings (SSSR count). The summed E-state index contributed by atoms with van der Waals surface area (Å²) in [5.41, 5.74) is 0.981. The van der Waals surface area contributed by atoms with E-state index in [1.807, 2.05) is 12.1 Å². The van der Waals surface area contributed by atoms with Gasteiger partial charge >= 0.3 is 0 Å². The highest BCUT2D eigenvalue weighted by Crippen LogP contribution is 2.32. The summed E-state index contributed by atoms with van der Waals surface area (Å²) in [5, 5.41) is 4.45. The maximum Gasteiger partial charge on any atom is 0.223 e. The molecular weight excluding hydrogens is 307 g/mol. The van der Waals surface area contributed by atoms with Crippen LogP contribution in [0.25, 0.3) is 0 Å². The fraction of sp³-hybridized carbons (Fsp3) is 0.312. The lowest BCUT2D eigenvalue weighted by molar-refractivity contribution is 0.450. The van der Waals surface area contributed by atoms with Crippen LogP contribution in [0.1, 0.15) is 19.4 Å². The summed E-state index contributed by atoms with van der Waals surface area (Å²) in [4.78, 5) is 4.28. The van der Waals surface area contributed by atoms with Gasteiger partial charge in [-0.3, -0.25) is 0 Å². The summed E-state index contributed by atoms with van der Waals surface area (Å²) in [6, 6.07) is 8.98. The number of hydrogen-bond donors (Lipinski definition) is 1. The minimum atomic E-state index is 0.506. The van der Waals surface area contributed by atoms with Crippen molar-refractivity contribution < 1.29 is 4.74 Å². The summed E-state index contributed by atoms with van der Waals surface area (Å²) in [6.45, 7) is 5.96. The number of halogens is 2. The number of ether oxygens (including phenoxy) is 1. The maximum absolute atomic E-state index is 6.12. The van der Waals surface area contributed by atoms with Crippen molar-refractivity contribution in [3.05, 3.63) is 52.1 Å². The van der Waals surface area contributed by atoms with Gasteiger partial charge in [-0.1, -0.05) is 43.1 Å². The van der Waals surface area contributed by atoms with Gasteiger partial charge in [-0.25, -0.2) is 4.98 Å². The van der Waals surface area contributed by atoms with Gasteiger partial charge in [0.05, 0.1) is 5.02 Å². The second-order valence-corrected chi connectivity index (χ2v) is 6.01. The van der Waals surface area contributed by atoms with Gasteiger partial charge in [0.25, 0.3) is 0 Å². The van der Waals surface area contributed by atoms with E-state index in [2.05, 4.69) is 24.1 Å². The molecule has 0 radical (unpaired) electrons. The van der Waals surface area contributed by atoms with Gasteiger partial charge in [0.1, 0.15) is 5.75 Å². The first-order valence-corrected chi connectivity index (χ1v) is 7.59.